The van der Waals surface area contributed by atoms with E-state index < -0.39 is 10.0 Å². The van der Waals surface area contributed by atoms with Crippen molar-refractivity contribution in [3.8, 4) is 0 Å². The van der Waals surface area contributed by atoms with E-state index in [1.54, 1.807) is 22.4 Å². The van der Waals surface area contributed by atoms with Gasteiger partial charge in [0.05, 0.1) is 17.0 Å². The van der Waals surface area contributed by atoms with E-state index in [4.69, 9.17) is 0 Å². The molecule has 0 atom stereocenters. The summed E-state index contributed by atoms with van der Waals surface area (Å²) in [6.45, 7) is 3.47. The number of aromatic nitrogens is 1. The van der Waals surface area contributed by atoms with E-state index in [1.165, 1.54) is 27.8 Å². The van der Waals surface area contributed by atoms with Crippen LogP contribution in [0.15, 0.2) is 34.5 Å². The van der Waals surface area contributed by atoms with Crippen molar-refractivity contribution in [3.05, 3.63) is 35.3 Å². The molecule has 2 aliphatic heterocycles. The van der Waals surface area contributed by atoms with Crippen molar-refractivity contribution >= 4 is 44.1 Å². The third-order valence-electron chi connectivity index (χ3n) is 5.21. The van der Waals surface area contributed by atoms with Crippen LogP contribution in [0.1, 0.15) is 5.69 Å². The van der Waals surface area contributed by atoms with Gasteiger partial charge in [0, 0.05) is 50.3 Å². The average molecular weight is 465 g/mol. The van der Waals surface area contributed by atoms with E-state index in [2.05, 4.69) is 20.5 Å². The molecule has 0 bridgehead atoms. The standard InChI is InChI=1S/C19H24N6O4S2/c1-23-8-10-24(11-9-23)31(28,29)16-4-2-14(3-5-16)21-17(26)12-15-13-30-19(22-15)25-7-6-20-18(25)27/h2-5,13H,6-12H2,1H3,(H,20,27)(H,21,26). The number of urea groups is 1. The number of thiazole rings is 1. The summed E-state index contributed by atoms with van der Waals surface area (Å²) in [4.78, 5) is 32.3. The molecule has 0 spiro atoms. The van der Waals surface area contributed by atoms with Crippen LogP contribution in [0.5, 0.6) is 0 Å². The first-order chi connectivity index (χ1) is 14.8. The van der Waals surface area contributed by atoms with Gasteiger partial charge in [-0.25, -0.2) is 18.2 Å². The van der Waals surface area contributed by atoms with E-state index in [9.17, 15) is 18.0 Å². The number of amides is 3. The minimum Gasteiger partial charge on any atom is -0.336 e. The predicted molar refractivity (Wildman–Crippen MR) is 118 cm³/mol. The van der Waals surface area contributed by atoms with Crippen LogP contribution in [0.3, 0.4) is 0 Å². The zero-order chi connectivity index (χ0) is 22.0. The van der Waals surface area contributed by atoms with Gasteiger partial charge >= 0.3 is 6.03 Å². The summed E-state index contributed by atoms with van der Waals surface area (Å²) < 4.78 is 27.1. The molecule has 31 heavy (non-hydrogen) atoms. The molecule has 2 fully saturated rings. The van der Waals surface area contributed by atoms with Crippen LogP contribution in [0.2, 0.25) is 0 Å². The number of benzene rings is 1. The van der Waals surface area contributed by atoms with Crippen LogP contribution in [0.25, 0.3) is 0 Å². The Labute approximate surface area is 184 Å². The molecular weight excluding hydrogens is 440 g/mol. The minimum atomic E-state index is -3.54. The second-order valence-electron chi connectivity index (χ2n) is 7.46. The lowest BCUT2D eigenvalue weighted by molar-refractivity contribution is -0.115. The van der Waals surface area contributed by atoms with Crippen molar-refractivity contribution in [2.75, 3.05) is 56.5 Å². The Morgan fingerprint density at radius 1 is 1.16 bits per heavy atom. The first-order valence-corrected chi connectivity index (χ1v) is 12.2. The van der Waals surface area contributed by atoms with Gasteiger partial charge in [0.25, 0.3) is 0 Å². The van der Waals surface area contributed by atoms with Crippen LogP contribution < -0.4 is 15.5 Å². The van der Waals surface area contributed by atoms with Crippen molar-refractivity contribution in [2.45, 2.75) is 11.3 Å². The average Bonchev–Trinajstić information content (AvgIpc) is 3.37. The molecule has 3 amide bonds. The van der Waals surface area contributed by atoms with E-state index in [-0.39, 0.29) is 23.3 Å². The maximum atomic E-state index is 12.8. The minimum absolute atomic E-state index is 0.0628. The van der Waals surface area contributed by atoms with Gasteiger partial charge in [0.2, 0.25) is 15.9 Å². The number of hydrogen-bond acceptors (Lipinski definition) is 7. The highest BCUT2D eigenvalue weighted by atomic mass is 32.2. The molecule has 166 valence electrons. The summed E-state index contributed by atoms with van der Waals surface area (Å²) in [6, 6.07) is 6.01. The maximum absolute atomic E-state index is 12.8. The molecular formula is C19H24N6O4S2. The molecule has 4 rings (SSSR count). The molecule has 0 radical (unpaired) electrons. The van der Waals surface area contributed by atoms with E-state index in [1.807, 2.05) is 7.05 Å². The molecule has 1 aromatic heterocycles. The highest BCUT2D eigenvalue weighted by Crippen LogP contribution is 2.23. The molecule has 0 unspecified atom stereocenters. The van der Waals surface area contributed by atoms with Crippen LogP contribution >= 0.6 is 11.3 Å². The zero-order valence-electron chi connectivity index (χ0n) is 17.1. The third kappa shape index (κ3) is 4.87. The van der Waals surface area contributed by atoms with Gasteiger partial charge in [-0.2, -0.15) is 4.31 Å². The molecule has 0 aliphatic carbocycles. The quantitative estimate of drug-likeness (QED) is 0.653. The molecule has 2 saturated heterocycles. The van der Waals surface area contributed by atoms with Crippen molar-refractivity contribution in [1.29, 1.82) is 0 Å². The van der Waals surface area contributed by atoms with Crippen molar-refractivity contribution in [3.63, 3.8) is 0 Å². The Balaban J connectivity index is 1.35. The van der Waals surface area contributed by atoms with Gasteiger partial charge in [-0.15, -0.1) is 11.3 Å². The first kappa shape index (κ1) is 21.7. The fourth-order valence-electron chi connectivity index (χ4n) is 3.41. The Hall–Kier alpha value is -2.54. The summed E-state index contributed by atoms with van der Waals surface area (Å²) in [5.74, 6) is -0.266. The predicted octanol–water partition coefficient (Wildman–Crippen LogP) is 0.790. The van der Waals surface area contributed by atoms with Gasteiger partial charge < -0.3 is 15.5 Å². The Kier molecular flexibility index (Phi) is 6.23. The van der Waals surface area contributed by atoms with Gasteiger partial charge in [-0.3, -0.25) is 9.69 Å². The first-order valence-electron chi connectivity index (χ1n) is 9.91. The summed E-state index contributed by atoms with van der Waals surface area (Å²) in [6.07, 6.45) is 0.0628. The number of nitrogens with one attached hydrogen (secondary N) is 2. The topological polar surface area (TPSA) is 115 Å². The number of carbonyl (C=O) groups is 2. The number of carbonyl (C=O) groups excluding carboxylic acids is 2. The molecule has 2 aromatic rings. The lowest BCUT2D eigenvalue weighted by Crippen LogP contribution is -2.46. The fraction of sp³-hybridized carbons (Fsp3) is 0.421. The number of sulfonamides is 1. The summed E-state index contributed by atoms with van der Waals surface area (Å²) in [5.41, 5.74) is 1.09. The maximum Gasteiger partial charge on any atom is 0.323 e. The van der Waals surface area contributed by atoms with Crippen LogP contribution in [0.4, 0.5) is 15.6 Å². The van der Waals surface area contributed by atoms with Crippen LogP contribution in [0, 0.1) is 0 Å². The number of rotatable bonds is 6. The largest absolute Gasteiger partial charge is 0.336 e. The molecule has 0 saturated carbocycles. The highest BCUT2D eigenvalue weighted by molar-refractivity contribution is 7.89. The summed E-state index contributed by atoms with van der Waals surface area (Å²) >= 11 is 1.32. The SMILES string of the molecule is CN1CCN(S(=O)(=O)c2ccc(NC(=O)Cc3csc(N4CCNC4=O)n3)cc2)CC1. The normalized spacial score (nSPS) is 18.2. The molecule has 1 aromatic carbocycles. The lowest BCUT2D eigenvalue weighted by atomic mass is 10.3. The van der Waals surface area contributed by atoms with E-state index in [0.29, 0.717) is 55.8 Å². The van der Waals surface area contributed by atoms with Crippen molar-refractivity contribution < 1.29 is 18.0 Å². The molecule has 2 N–H and O–H groups in total. The zero-order valence-corrected chi connectivity index (χ0v) is 18.7. The molecule has 2 aliphatic rings. The number of anilines is 2. The monoisotopic (exact) mass is 464 g/mol. The molecule has 3 heterocycles. The highest BCUT2D eigenvalue weighted by Gasteiger charge is 2.27. The van der Waals surface area contributed by atoms with Gasteiger partial charge in [0.15, 0.2) is 5.13 Å². The van der Waals surface area contributed by atoms with Crippen LogP contribution in [-0.2, 0) is 21.2 Å². The number of piperazine rings is 1. The molecule has 12 heteroatoms. The molecule has 10 nitrogen and oxygen atoms in total. The van der Waals surface area contributed by atoms with E-state index in [0.717, 1.165) is 0 Å². The Morgan fingerprint density at radius 3 is 2.52 bits per heavy atom. The Bertz CT molecular complexity index is 1060. The Morgan fingerprint density at radius 2 is 1.87 bits per heavy atom. The van der Waals surface area contributed by atoms with Crippen molar-refractivity contribution in [1.82, 2.24) is 19.5 Å². The smallest absolute Gasteiger partial charge is 0.323 e. The third-order valence-corrected chi connectivity index (χ3v) is 8.03. The van der Waals surface area contributed by atoms with Gasteiger partial charge in [0.1, 0.15) is 0 Å². The second kappa shape index (κ2) is 8.91. The number of likely N-dealkylation sites (N-methyl/N-ethyl adjacent to an activating group) is 1. The summed E-state index contributed by atoms with van der Waals surface area (Å²) in [7, 11) is -1.57. The van der Waals surface area contributed by atoms with Gasteiger partial charge in [-0.1, -0.05) is 0 Å². The van der Waals surface area contributed by atoms with E-state index >= 15 is 0 Å². The van der Waals surface area contributed by atoms with Crippen LogP contribution in [-0.4, -0.2) is 80.9 Å². The summed E-state index contributed by atoms with van der Waals surface area (Å²) in [5, 5.41) is 7.80. The lowest BCUT2D eigenvalue weighted by Gasteiger charge is -2.31. The fourth-order valence-corrected chi connectivity index (χ4v) is 5.68. The number of nitrogens with zero attached hydrogens (tertiary/aromatic N) is 4. The second-order valence-corrected chi connectivity index (χ2v) is 10.2. The van der Waals surface area contributed by atoms with Gasteiger partial charge in [-0.05, 0) is 31.3 Å². The number of hydrogen-bond donors (Lipinski definition) is 2. The van der Waals surface area contributed by atoms with Crippen molar-refractivity contribution in [2.24, 2.45) is 0 Å².